The molecule has 0 aromatic heterocycles. The summed E-state index contributed by atoms with van der Waals surface area (Å²) < 4.78 is 25.3. The molecule has 0 saturated carbocycles. The lowest BCUT2D eigenvalue weighted by atomic mass is 10.3. The number of ether oxygens (including phenoxy) is 1. The van der Waals surface area contributed by atoms with Gasteiger partial charge in [-0.3, -0.25) is 0 Å². The van der Waals surface area contributed by atoms with Gasteiger partial charge in [0.25, 0.3) is 0 Å². The quantitative estimate of drug-likeness (QED) is 0.835. The summed E-state index contributed by atoms with van der Waals surface area (Å²) >= 11 is 4.42. The average Bonchev–Trinajstić information content (AvgIpc) is 2.04. The van der Waals surface area contributed by atoms with E-state index in [0.29, 0.717) is 12.4 Å². The highest BCUT2D eigenvalue weighted by Gasteiger charge is 2.05. The predicted octanol–water partition coefficient (Wildman–Crippen LogP) is 1.83. The maximum atomic E-state index is 11.1. The number of hydrogen-bond acceptors (Lipinski definition) is 4. The average molecular weight is 235 g/mol. The summed E-state index contributed by atoms with van der Waals surface area (Å²) in [6, 6.07) is 6.35. The van der Waals surface area contributed by atoms with Gasteiger partial charge < -0.3 is 15.4 Å². The molecular weight excluding hydrogens is 222 g/mol. The van der Waals surface area contributed by atoms with Crippen molar-refractivity contribution in [3.63, 3.8) is 0 Å². The number of hydrogen-bond donors (Lipinski definition) is 2. The fourth-order valence-electron chi connectivity index (χ4n) is 0.891. The van der Waals surface area contributed by atoms with Crippen LogP contribution in [0.15, 0.2) is 29.2 Å². The minimum atomic E-state index is -3.29. The lowest BCUT2D eigenvalue weighted by Gasteiger charge is -2.04. The van der Waals surface area contributed by atoms with E-state index < -0.39 is 8.77 Å². The molecule has 4 nitrogen and oxygen atoms in total. The van der Waals surface area contributed by atoms with Crippen LogP contribution in [0, 0.1) is 0 Å². The van der Waals surface area contributed by atoms with E-state index in [1.165, 1.54) is 12.1 Å². The van der Waals surface area contributed by atoms with E-state index in [-0.39, 0.29) is 11.0 Å². The van der Waals surface area contributed by atoms with Crippen molar-refractivity contribution in [2.75, 3.05) is 6.61 Å². The van der Waals surface area contributed by atoms with Gasteiger partial charge in [-0.25, -0.2) is 4.21 Å². The summed E-state index contributed by atoms with van der Waals surface area (Å²) in [5, 5.41) is 0. The first-order valence-electron chi connectivity index (χ1n) is 3.74. The van der Waals surface area contributed by atoms with Crippen LogP contribution in [0.4, 0.5) is 0 Å². The predicted molar refractivity (Wildman–Crippen MR) is 59.0 cm³/mol. The molecule has 1 rings (SSSR count). The van der Waals surface area contributed by atoms with Crippen LogP contribution in [0.1, 0.15) is 6.92 Å². The van der Waals surface area contributed by atoms with Gasteiger partial charge >= 0.3 is 0 Å². The van der Waals surface area contributed by atoms with E-state index in [1.807, 2.05) is 6.92 Å². The highest BCUT2D eigenvalue weighted by Crippen LogP contribution is 2.17. The van der Waals surface area contributed by atoms with Gasteiger partial charge in [0.2, 0.25) is 0 Å². The zero-order valence-electron chi connectivity index (χ0n) is 7.80. The normalized spacial score (nSPS) is 13.9. The Bertz CT molecular complexity index is 389. The molecule has 0 saturated heterocycles. The summed E-state index contributed by atoms with van der Waals surface area (Å²) in [6.07, 6.45) is 0. The van der Waals surface area contributed by atoms with Crippen LogP contribution in [0.5, 0.6) is 5.75 Å². The Hall–Kier alpha value is -0.690. The molecule has 0 heterocycles. The molecule has 1 aromatic rings. The van der Waals surface area contributed by atoms with E-state index in [9.17, 15) is 4.21 Å². The van der Waals surface area contributed by atoms with Gasteiger partial charge in [0.1, 0.15) is 5.75 Å². The van der Waals surface area contributed by atoms with Crippen molar-refractivity contribution in [2.45, 2.75) is 11.8 Å². The molecule has 0 bridgehead atoms. The third-order valence-corrected chi connectivity index (χ3v) is 2.84. The summed E-state index contributed by atoms with van der Waals surface area (Å²) in [6.45, 7) is 2.37. The summed E-state index contributed by atoms with van der Waals surface area (Å²) in [5.74, 6) is 0.562. The van der Waals surface area contributed by atoms with Crippen LogP contribution in [0.25, 0.3) is 0 Å². The zero-order valence-corrected chi connectivity index (χ0v) is 9.44. The molecule has 0 aliphatic rings. The second-order valence-corrected chi connectivity index (χ2v) is 5.16. The topological polar surface area (TPSA) is 81.5 Å². The summed E-state index contributed by atoms with van der Waals surface area (Å²) in [5.41, 5.74) is 0. The third-order valence-electron chi connectivity index (χ3n) is 1.41. The van der Waals surface area contributed by atoms with Crippen molar-refractivity contribution in [3.8, 4) is 5.75 Å². The first-order chi connectivity index (χ1) is 6.04. The van der Waals surface area contributed by atoms with Gasteiger partial charge in [-0.15, -0.1) is 0 Å². The van der Waals surface area contributed by atoms with E-state index >= 15 is 0 Å². The molecule has 0 spiro atoms. The van der Waals surface area contributed by atoms with E-state index in [4.69, 9.17) is 9.29 Å². The highest BCUT2D eigenvalue weighted by molar-refractivity contribution is 8.29. The first-order valence-corrected chi connectivity index (χ1v) is 6.18. The summed E-state index contributed by atoms with van der Waals surface area (Å²) in [7, 11) is -3.29. The van der Waals surface area contributed by atoms with Crippen molar-refractivity contribution < 1.29 is 13.5 Å². The van der Waals surface area contributed by atoms with E-state index in [0.717, 1.165) is 0 Å². The van der Waals surface area contributed by atoms with Crippen LogP contribution >= 0.6 is 0 Å². The van der Waals surface area contributed by atoms with Crippen LogP contribution in [0.3, 0.4) is 0 Å². The molecule has 4 N–H and O–H groups in total. The Kier molecular flexibility index (Phi) is 5.00. The minimum Gasteiger partial charge on any atom is -0.494 e. The van der Waals surface area contributed by atoms with Crippen LogP contribution in [-0.2, 0) is 20.0 Å². The standard InChI is InChI=1S/C8H10O3S2.H3N/c1-2-11-7-4-3-5-8(6-7)13(9,10)12;/h3-6H,2H2,1H3,(H,9,10,12);1H3. The second kappa shape index (κ2) is 5.26. The maximum Gasteiger partial charge on any atom is 0.171 e. The Morgan fingerprint density at radius 1 is 1.57 bits per heavy atom. The second-order valence-electron chi connectivity index (χ2n) is 2.38. The summed E-state index contributed by atoms with van der Waals surface area (Å²) in [4.78, 5) is 0.216. The van der Waals surface area contributed by atoms with E-state index in [1.54, 1.807) is 12.1 Å². The lowest BCUT2D eigenvalue weighted by Crippen LogP contribution is -1.97. The van der Waals surface area contributed by atoms with Gasteiger partial charge in [-0.05, 0) is 25.1 Å². The molecule has 0 aliphatic carbocycles. The molecule has 6 heteroatoms. The minimum absolute atomic E-state index is 0. The first kappa shape index (κ1) is 13.3. The fourth-order valence-corrected chi connectivity index (χ4v) is 1.72. The van der Waals surface area contributed by atoms with Crippen molar-refractivity contribution >= 4 is 20.0 Å². The van der Waals surface area contributed by atoms with Crippen LogP contribution in [-0.4, -0.2) is 15.4 Å². The van der Waals surface area contributed by atoms with Gasteiger partial charge in [0.15, 0.2) is 8.77 Å². The molecule has 0 radical (unpaired) electrons. The zero-order chi connectivity index (χ0) is 9.90. The third kappa shape index (κ3) is 3.59. The Morgan fingerprint density at radius 3 is 2.71 bits per heavy atom. The van der Waals surface area contributed by atoms with Crippen LogP contribution in [0.2, 0.25) is 0 Å². The molecule has 80 valence electrons. The molecule has 0 fully saturated rings. The Labute approximate surface area is 88.4 Å². The van der Waals surface area contributed by atoms with Gasteiger partial charge in [0, 0.05) is 11.2 Å². The molecule has 14 heavy (non-hydrogen) atoms. The van der Waals surface area contributed by atoms with Crippen molar-refractivity contribution in [2.24, 2.45) is 0 Å². The fraction of sp³-hybridized carbons (Fsp3) is 0.250. The molecular formula is C8H13NO3S2. The van der Waals surface area contributed by atoms with Crippen molar-refractivity contribution in [3.05, 3.63) is 24.3 Å². The van der Waals surface area contributed by atoms with Gasteiger partial charge in [-0.2, -0.15) is 0 Å². The monoisotopic (exact) mass is 235 g/mol. The Balaban J connectivity index is 0.00000169. The maximum absolute atomic E-state index is 11.1. The Morgan fingerprint density at radius 2 is 2.21 bits per heavy atom. The lowest BCUT2D eigenvalue weighted by molar-refractivity contribution is 0.339. The van der Waals surface area contributed by atoms with Crippen LogP contribution < -0.4 is 10.9 Å². The molecule has 0 amide bonds. The molecule has 0 aliphatic heterocycles. The van der Waals surface area contributed by atoms with Crippen molar-refractivity contribution in [1.82, 2.24) is 6.15 Å². The molecule has 1 unspecified atom stereocenters. The smallest absolute Gasteiger partial charge is 0.171 e. The largest absolute Gasteiger partial charge is 0.494 e. The molecule has 1 aromatic carbocycles. The highest BCUT2D eigenvalue weighted by atomic mass is 32.8. The SMILES string of the molecule is CCOc1cccc(S(=O)(O)=S)c1.N. The van der Waals surface area contributed by atoms with Crippen molar-refractivity contribution in [1.29, 1.82) is 0 Å². The van der Waals surface area contributed by atoms with Gasteiger partial charge in [0.05, 0.1) is 11.5 Å². The number of rotatable bonds is 3. The van der Waals surface area contributed by atoms with E-state index in [2.05, 4.69) is 11.2 Å². The molecule has 1 atom stereocenters. The van der Waals surface area contributed by atoms with Gasteiger partial charge in [-0.1, -0.05) is 6.07 Å². The number of benzene rings is 1.